The van der Waals surface area contributed by atoms with E-state index in [1.165, 1.54) is 18.2 Å². The van der Waals surface area contributed by atoms with Crippen LogP contribution in [0.2, 0.25) is 15.1 Å². The second-order valence-electron chi connectivity index (χ2n) is 6.70. The summed E-state index contributed by atoms with van der Waals surface area (Å²) >= 11 is 22.1. The summed E-state index contributed by atoms with van der Waals surface area (Å²) in [7, 11) is 0. The number of ether oxygens (including phenoxy) is 1. The van der Waals surface area contributed by atoms with Crippen molar-refractivity contribution in [3.63, 3.8) is 0 Å². The Morgan fingerprint density at radius 3 is 2.41 bits per heavy atom. The van der Waals surface area contributed by atoms with Crippen LogP contribution in [0.1, 0.15) is 21.5 Å². The van der Waals surface area contributed by atoms with Crippen LogP contribution >= 0.6 is 50.7 Å². The van der Waals surface area contributed by atoms with Gasteiger partial charge in [0.15, 0.2) is 0 Å². The van der Waals surface area contributed by atoms with Crippen molar-refractivity contribution in [1.29, 1.82) is 0 Å². The van der Waals surface area contributed by atoms with E-state index in [2.05, 4.69) is 26.6 Å². The second-order valence-corrected chi connectivity index (χ2v) is 8.74. The first-order valence-electron chi connectivity index (χ1n) is 9.07. The molecule has 0 atom stereocenters. The highest BCUT2D eigenvalue weighted by molar-refractivity contribution is 9.10. The molecular weight excluding hydrogens is 546 g/mol. The fourth-order valence-corrected chi connectivity index (χ4v) is 3.89. The van der Waals surface area contributed by atoms with E-state index in [0.29, 0.717) is 42.8 Å². The highest BCUT2D eigenvalue weighted by Crippen LogP contribution is 2.42. The highest BCUT2D eigenvalue weighted by Gasteiger charge is 2.19. The number of anilines is 1. The summed E-state index contributed by atoms with van der Waals surface area (Å²) in [4.78, 5) is 24.4. The van der Waals surface area contributed by atoms with Gasteiger partial charge < -0.3 is 10.1 Å². The number of urea groups is 1. The van der Waals surface area contributed by atoms with E-state index >= 15 is 0 Å². The fourth-order valence-electron chi connectivity index (χ4n) is 2.77. The lowest BCUT2D eigenvalue weighted by Crippen LogP contribution is -2.35. The van der Waals surface area contributed by atoms with E-state index < -0.39 is 17.8 Å². The van der Waals surface area contributed by atoms with Gasteiger partial charge >= 0.3 is 6.03 Å². The molecule has 3 aromatic rings. The number of hydrogen-bond donors (Lipinski definition) is 2. The number of hydrogen-bond acceptors (Lipinski definition) is 3. The van der Waals surface area contributed by atoms with Gasteiger partial charge in [-0.15, -0.1) is 0 Å². The zero-order valence-corrected chi connectivity index (χ0v) is 20.5. The number of rotatable bonds is 4. The molecule has 3 amide bonds. The van der Waals surface area contributed by atoms with Gasteiger partial charge in [-0.25, -0.2) is 9.18 Å². The number of halogens is 5. The summed E-state index contributed by atoms with van der Waals surface area (Å²) in [6.45, 7) is 3.39. The average molecular weight is 561 g/mol. The number of carbonyl (C=O) groups is 2. The van der Waals surface area contributed by atoms with Gasteiger partial charge in [0, 0.05) is 16.2 Å². The van der Waals surface area contributed by atoms with E-state index in [-0.39, 0.29) is 10.6 Å². The average Bonchev–Trinajstić information content (AvgIpc) is 2.73. The summed E-state index contributed by atoms with van der Waals surface area (Å²) < 4.78 is 20.2. The molecule has 5 nitrogen and oxygen atoms in total. The molecule has 0 aromatic heterocycles. The van der Waals surface area contributed by atoms with Crippen LogP contribution in [0.5, 0.6) is 11.5 Å². The van der Waals surface area contributed by atoms with E-state index in [4.69, 9.17) is 39.5 Å². The molecule has 0 saturated heterocycles. The maximum atomic E-state index is 13.7. The van der Waals surface area contributed by atoms with Gasteiger partial charge in [0.1, 0.15) is 17.3 Å². The summed E-state index contributed by atoms with van der Waals surface area (Å²) in [5.74, 6) is -0.972. The smallest absolute Gasteiger partial charge is 0.326 e. The van der Waals surface area contributed by atoms with Crippen molar-refractivity contribution in [2.75, 3.05) is 5.32 Å². The van der Waals surface area contributed by atoms with Crippen molar-refractivity contribution in [1.82, 2.24) is 5.32 Å². The Kier molecular flexibility index (Phi) is 7.67. The SMILES string of the molecule is Cc1cc(NC(=O)NC(=O)c2ccccc2F)c(C)c(Cl)c1Oc1cc(Cl)c(Br)cc1Cl. The van der Waals surface area contributed by atoms with Crippen molar-refractivity contribution < 1.29 is 18.7 Å². The predicted molar refractivity (Wildman–Crippen MR) is 128 cm³/mol. The number of aryl methyl sites for hydroxylation is 1. The van der Waals surface area contributed by atoms with Gasteiger partial charge in [0.25, 0.3) is 5.91 Å². The van der Waals surface area contributed by atoms with Crippen LogP contribution < -0.4 is 15.4 Å². The molecule has 0 saturated carbocycles. The van der Waals surface area contributed by atoms with E-state index in [9.17, 15) is 14.0 Å². The monoisotopic (exact) mass is 558 g/mol. The van der Waals surface area contributed by atoms with Crippen molar-refractivity contribution >= 4 is 68.4 Å². The summed E-state index contributed by atoms with van der Waals surface area (Å²) in [5.41, 5.74) is 1.17. The first-order chi connectivity index (χ1) is 15.1. The van der Waals surface area contributed by atoms with Gasteiger partial charge in [0.05, 0.1) is 20.6 Å². The molecule has 0 bridgehead atoms. The zero-order valence-electron chi connectivity index (χ0n) is 16.7. The number of carbonyl (C=O) groups excluding carboxylic acids is 2. The van der Waals surface area contributed by atoms with Crippen LogP contribution in [-0.2, 0) is 0 Å². The third-order valence-electron chi connectivity index (χ3n) is 4.43. The Morgan fingerprint density at radius 2 is 1.72 bits per heavy atom. The van der Waals surface area contributed by atoms with Crippen LogP contribution in [-0.4, -0.2) is 11.9 Å². The minimum Gasteiger partial charge on any atom is -0.454 e. The molecular formula is C22H15BrCl3FN2O3. The summed E-state index contributed by atoms with van der Waals surface area (Å²) in [5, 5.41) is 5.59. The van der Waals surface area contributed by atoms with Crippen molar-refractivity contribution in [2.45, 2.75) is 13.8 Å². The third-order valence-corrected chi connectivity index (χ3v) is 6.38. The molecule has 0 unspecified atom stereocenters. The molecule has 10 heteroatoms. The quantitative estimate of drug-likeness (QED) is 0.319. The van der Waals surface area contributed by atoms with Crippen molar-refractivity contribution in [3.8, 4) is 11.5 Å². The van der Waals surface area contributed by atoms with E-state index in [1.54, 1.807) is 32.0 Å². The Labute approximate surface area is 206 Å². The molecule has 0 radical (unpaired) electrons. The Balaban J connectivity index is 1.81. The van der Waals surface area contributed by atoms with Gasteiger partial charge in [-0.2, -0.15) is 0 Å². The first-order valence-corrected chi connectivity index (χ1v) is 11.0. The molecule has 2 N–H and O–H groups in total. The molecule has 0 fully saturated rings. The maximum Gasteiger partial charge on any atom is 0.326 e. The summed E-state index contributed by atoms with van der Waals surface area (Å²) in [6.07, 6.45) is 0. The number of amides is 3. The highest BCUT2D eigenvalue weighted by atomic mass is 79.9. The molecule has 3 rings (SSSR count). The van der Waals surface area contributed by atoms with Crippen molar-refractivity contribution in [2.24, 2.45) is 0 Å². The van der Waals surface area contributed by atoms with E-state index in [0.717, 1.165) is 6.07 Å². The van der Waals surface area contributed by atoms with Crippen molar-refractivity contribution in [3.05, 3.63) is 84.5 Å². The van der Waals surface area contributed by atoms with Gasteiger partial charge in [-0.05, 0) is 65.2 Å². The lowest BCUT2D eigenvalue weighted by molar-refractivity contribution is 0.0963. The third kappa shape index (κ3) is 5.35. The zero-order chi connectivity index (χ0) is 23.6. The lowest BCUT2D eigenvalue weighted by Gasteiger charge is -2.17. The number of benzene rings is 3. The van der Waals surface area contributed by atoms with Crippen LogP contribution in [0.3, 0.4) is 0 Å². The number of imide groups is 1. The molecule has 0 aliphatic heterocycles. The minimum atomic E-state index is -0.872. The molecule has 3 aromatic carbocycles. The van der Waals surface area contributed by atoms with Gasteiger partial charge in [0.2, 0.25) is 0 Å². The molecule has 0 heterocycles. The molecule has 32 heavy (non-hydrogen) atoms. The topological polar surface area (TPSA) is 67.4 Å². The molecule has 0 aliphatic carbocycles. The fraction of sp³-hybridized carbons (Fsp3) is 0.0909. The van der Waals surface area contributed by atoms with Gasteiger partial charge in [-0.1, -0.05) is 46.9 Å². The Hall–Kier alpha value is -2.32. The standard InChI is InChI=1S/C22H15BrCl3FN2O3/c1-10-7-17(28-22(31)29-21(30)12-5-3-4-6-16(12)27)11(2)19(26)20(10)32-18-9-14(24)13(23)8-15(18)25/h3-9H,1-2H3,(H2,28,29,30,31). The normalized spacial score (nSPS) is 10.6. The maximum absolute atomic E-state index is 13.7. The first kappa shape index (κ1) is 24.3. The minimum absolute atomic E-state index is 0.232. The number of nitrogens with one attached hydrogen (secondary N) is 2. The lowest BCUT2D eigenvalue weighted by atomic mass is 10.1. The van der Waals surface area contributed by atoms with E-state index in [1.807, 2.05) is 0 Å². The Morgan fingerprint density at radius 1 is 1.03 bits per heavy atom. The molecule has 0 aliphatic rings. The largest absolute Gasteiger partial charge is 0.454 e. The molecule has 0 spiro atoms. The van der Waals surface area contributed by atoms with Crippen LogP contribution in [0.4, 0.5) is 14.9 Å². The van der Waals surface area contributed by atoms with Gasteiger partial charge in [-0.3, -0.25) is 10.1 Å². The molecule has 166 valence electrons. The Bertz CT molecular complexity index is 1240. The predicted octanol–water partition coefficient (Wildman–Crippen LogP) is 7.92. The second kappa shape index (κ2) is 10.1. The van der Waals surface area contributed by atoms with Crippen LogP contribution in [0.25, 0.3) is 0 Å². The van der Waals surface area contributed by atoms with Crippen LogP contribution in [0, 0.1) is 19.7 Å². The van der Waals surface area contributed by atoms with Crippen LogP contribution in [0.15, 0.2) is 46.9 Å². The summed E-state index contributed by atoms with van der Waals surface area (Å²) in [6, 6.07) is 9.27.